The van der Waals surface area contributed by atoms with Crippen molar-refractivity contribution >= 4 is 16.9 Å². The number of piperidine rings is 1. The molecular weight excluding hydrogens is 278 g/mol. The van der Waals surface area contributed by atoms with Gasteiger partial charge in [-0.25, -0.2) is 4.98 Å². The largest absolute Gasteiger partial charge is 0.355 e. The molecule has 1 fully saturated rings. The van der Waals surface area contributed by atoms with Crippen LogP contribution in [0.3, 0.4) is 0 Å². The molecule has 6 nitrogen and oxygen atoms in total. The average Bonchev–Trinajstić information content (AvgIpc) is 3.01. The zero-order valence-electron chi connectivity index (χ0n) is 12.4. The minimum absolute atomic E-state index is 0.267. The van der Waals surface area contributed by atoms with E-state index < -0.39 is 0 Å². The fraction of sp³-hybridized carbons (Fsp3) is 0.375. The Bertz CT molecular complexity index is 800. The smallest absolute Gasteiger partial charge is 0.231 e. The van der Waals surface area contributed by atoms with Crippen LogP contribution in [-0.2, 0) is 0 Å². The minimum Gasteiger partial charge on any atom is -0.355 e. The summed E-state index contributed by atoms with van der Waals surface area (Å²) in [5.74, 6) is 2.61. The molecule has 0 radical (unpaired) electrons. The molecule has 0 unspecified atom stereocenters. The highest BCUT2D eigenvalue weighted by molar-refractivity contribution is 5.75. The predicted octanol–water partition coefficient (Wildman–Crippen LogP) is 2.71. The van der Waals surface area contributed by atoms with E-state index in [-0.39, 0.29) is 5.92 Å². The molecule has 0 amide bonds. The van der Waals surface area contributed by atoms with Gasteiger partial charge in [0.25, 0.3) is 0 Å². The van der Waals surface area contributed by atoms with Crippen molar-refractivity contribution in [3.63, 3.8) is 0 Å². The number of anilines is 1. The second-order valence-corrected chi connectivity index (χ2v) is 5.68. The third kappa shape index (κ3) is 2.41. The monoisotopic (exact) mass is 295 g/mol. The van der Waals surface area contributed by atoms with E-state index in [1.54, 1.807) is 0 Å². The lowest BCUT2D eigenvalue weighted by Gasteiger charge is -2.31. The van der Waals surface area contributed by atoms with Gasteiger partial charge in [-0.1, -0.05) is 17.3 Å². The van der Waals surface area contributed by atoms with Gasteiger partial charge in [-0.15, -0.1) is 0 Å². The van der Waals surface area contributed by atoms with Crippen molar-refractivity contribution in [1.82, 2.24) is 20.1 Å². The highest BCUT2D eigenvalue weighted by atomic mass is 16.5. The molecule has 0 saturated carbocycles. The number of nitrogens with zero attached hydrogens (tertiary/aromatic N) is 5. The van der Waals surface area contributed by atoms with Crippen LogP contribution in [0.5, 0.6) is 0 Å². The van der Waals surface area contributed by atoms with Crippen molar-refractivity contribution in [2.24, 2.45) is 0 Å². The quantitative estimate of drug-likeness (QED) is 0.724. The number of benzene rings is 1. The zero-order chi connectivity index (χ0) is 14.9. The number of hydrogen-bond acceptors (Lipinski definition) is 6. The number of fused-ring (bicyclic) bond motifs is 1. The van der Waals surface area contributed by atoms with Crippen molar-refractivity contribution in [2.75, 3.05) is 18.0 Å². The second-order valence-electron chi connectivity index (χ2n) is 5.68. The molecule has 1 aliphatic heterocycles. The number of aryl methyl sites for hydroxylation is 1. The summed E-state index contributed by atoms with van der Waals surface area (Å²) < 4.78 is 5.33. The third-order valence-electron chi connectivity index (χ3n) is 4.07. The normalized spacial score (nSPS) is 18.8. The van der Waals surface area contributed by atoms with Crippen LogP contribution in [0.2, 0.25) is 0 Å². The number of rotatable bonds is 2. The van der Waals surface area contributed by atoms with Crippen LogP contribution in [-0.4, -0.2) is 33.2 Å². The Balaban J connectivity index is 1.60. The van der Waals surface area contributed by atoms with Gasteiger partial charge in [-0.2, -0.15) is 4.98 Å². The van der Waals surface area contributed by atoms with Crippen LogP contribution in [0.1, 0.15) is 30.5 Å². The molecule has 0 N–H and O–H groups in total. The molecule has 6 heteroatoms. The van der Waals surface area contributed by atoms with E-state index in [9.17, 15) is 0 Å². The number of aromatic nitrogens is 4. The van der Waals surface area contributed by atoms with E-state index in [1.807, 2.05) is 37.4 Å². The molecule has 22 heavy (non-hydrogen) atoms. The van der Waals surface area contributed by atoms with Crippen LogP contribution in [0.15, 0.2) is 35.0 Å². The van der Waals surface area contributed by atoms with Gasteiger partial charge in [0, 0.05) is 13.1 Å². The topological polar surface area (TPSA) is 67.9 Å². The van der Waals surface area contributed by atoms with Crippen LogP contribution >= 0.6 is 0 Å². The summed E-state index contributed by atoms with van der Waals surface area (Å²) in [6.07, 6.45) is 4.00. The van der Waals surface area contributed by atoms with Crippen LogP contribution in [0.25, 0.3) is 11.0 Å². The highest BCUT2D eigenvalue weighted by Crippen LogP contribution is 2.28. The highest BCUT2D eigenvalue weighted by Gasteiger charge is 2.26. The standard InChI is InChI=1S/C16H17N5O/c1-11-18-16(22-20-11)12-5-4-8-21(10-12)15-9-17-13-6-2-3-7-14(13)19-15/h2-3,6-7,9,12H,4-5,8,10H2,1H3/t12-/m0/s1. The Morgan fingerprint density at radius 2 is 2.05 bits per heavy atom. The molecule has 1 aromatic carbocycles. The van der Waals surface area contributed by atoms with E-state index in [1.165, 1.54) is 0 Å². The molecule has 4 rings (SSSR count). The van der Waals surface area contributed by atoms with E-state index >= 15 is 0 Å². The third-order valence-corrected chi connectivity index (χ3v) is 4.07. The number of para-hydroxylation sites is 2. The average molecular weight is 295 g/mol. The van der Waals surface area contributed by atoms with Gasteiger partial charge in [-0.05, 0) is 31.9 Å². The van der Waals surface area contributed by atoms with Crippen molar-refractivity contribution in [3.8, 4) is 0 Å². The maximum atomic E-state index is 5.33. The molecule has 1 saturated heterocycles. The zero-order valence-corrected chi connectivity index (χ0v) is 12.4. The lowest BCUT2D eigenvalue weighted by Crippen LogP contribution is -2.35. The maximum Gasteiger partial charge on any atom is 0.231 e. The molecule has 3 heterocycles. The van der Waals surface area contributed by atoms with Gasteiger partial charge >= 0.3 is 0 Å². The summed E-state index contributed by atoms with van der Waals surface area (Å²) in [6.45, 7) is 3.67. The Morgan fingerprint density at radius 3 is 2.86 bits per heavy atom. The van der Waals surface area contributed by atoms with Crippen molar-refractivity contribution in [2.45, 2.75) is 25.7 Å². The van der Waals surface area contributed by atoms with E-state index in [0.717, 1.165) is 48.7 Å². The molecule has 112 valence electrons. The minimum atomic E-state index is 0.267. The van der Waals surface area contributed by atoms with Crippen molar-refractivity contribution in [3.05, 3.63) is 42.2 Å². The van der Waals surface area contributed by atoms with Crippen molar-refractivity contribution < 1.29 is 4.52 Å². The molecule has 3 aromatic rings. The fourth-order valence-electron chi connectivity index (χ4n) is 2.97. The lowest BCUT2D eigenvalue weighted by atomic mass is 9.98. The van der Waals surface area contributed by atoms with E-state index in [4.69, 9.17) is 9.51 Å². The molecule has 1 atom stereocenters. The molecule has 0 aliphatic carbocycles. The first-order valence-corrected chi connectivity index (χ1v) is 7.56. The summed E-state index contributed by atoms with van der Waals surface area (Å²) in [5, 5.41) is 3.90. The first kappa shape index (κ1) is 13.2. The summed E-state index contributed by atoms with van der Waals surface area (Å²) in [5.41, 5.74) is 1.85. The van der Waals surface area contributed by atoms with Crippen LogP contribution < -0.4 is 4.90 Å². The van der Waals surface area contributed by atoms with Gasteiger partial charge in [0.2, 0.25) is 5.89 Å². The van der Waals surface area contributed by atoms with Crippen LogP contribution in [0, 0.1) is 6.92 Å². The SMILES string of the molecule is Cc1noc([C@H]2CCCN(c3cnc4ccccc4n3)C2)n1. The molecule has 0 bridgehead atoms. The van der Waals surface area contributed by atoms with Crippen LogP contribution in [0.4, 0.5) is 5.82 Å². The van der Waals surface area contributed by atoms with Gasteiger partial charge < -0.3 is 9.42 Å². The number of hydrogen-bond donors (Lipinski definition) is 0. The first-order valence-electron chi connectivity index (χ1n) is 7.56. The molecule has 0 spiro atoms. The maximum absolute atomic E-state index is 5.33. The molecule has 1 aliphatic rings. The van der Waals surface area contributed by atoms with E-state index in [0.29, 0.717) is 5.82 Å². The first-order chi connectivity index (χ1) is 10.8. The summed E-state index contributed by atoms with van der Waals surface area (Å²) in [4.78, 5) is 15.9. The lowest BCUT2D eigenvalue weighted by molar-refractivity contribution is 0.331. The Labute approximate surface area is 128 Å². The summed E-state index contributed by atoms with van der Waals surface area (Å²) in [7, 11) is 0. The second kappa shape index (κ2) is 5.36. The van der Waals surface area contributed by atoms with Crippen molar-refractivity contribution in [1.29, 1.82) is 0 Å². The van der Waals surface area contributed by atoms with Gasteiger partial charge in [-0.3, -0.25) is 4.98 Å². The molecule has 2 aromatic heterocycles. The Hall–Kier alpha value is -2.50. The summed E-state index contributed by atoms with van der Waals surface area (Å²) in [6, 6.07) is 7.94. The fourth-order valence-corrected chi connectivity index (χ4v) is 2.97. The predicted molar refractivity (Wildman–Crippen MR) is 82.8 cm³/mol. The Morgan fingerprint density at radius 1 is 1.18 bits per heavy atom. The summed E-state index contributed by atoms with van der Waals surface area (Å²) >= 11 is 0. The van der Waals surface area contributed by atoms with Gasteiger partial charge in [0.1, 0.15) is 5.82 Å². The van der Waals surface area contributed by atoms with Gasteiger partial charge in [0.05, 0.1) is 23.1 Å². The molecular formula is C16H17N5O. The van der Waals surface area contributed by atoms with Gasteiger partial charge in [0.15, 0.2) is 5.82 Å². The van der Waals surface area contributed by atoms with E-state index in [2.05, 4.69) is 20.0 Å². The Kier molecular flexibility index (Phi) is 3.21.